The van der Waals surface area contributed by atoms with Gasteiger partial charge in [0.1, 0.15) is 0 Å². The van der Waals surface area contributed by atoms with E-state index in [0.717, 1.165) is 13.2 Å². The lowest BCUT2D eigenvalue weighted by Gasteiger charge is -2.19. The fourth-order valence-electron chi connectivity index (χ4n) is 0.417. The molecule has 0 aliphatic carbocycles. The maximum absolute atomic E-state index is 5.79. The molecule has 0 spiro atoms. The third-order valence-corrected chi connectivity index (χ3v) is 4.16. The first-order valence-electron chi connectivity index (χ1n) is 3.26. The van der Waals surface area contributed by atoms with Crippen LogP contribution in [0.25, 0.3) is 0 Å². The molecule has 0 atom stereocenters. The van der Waals surface area contributed by atoms with Gasteiger partial charge in [0.2, 0.25) is 0 Å². The van der Waals surface area contributed by atoms with Gasteiger partial charge in [-0.1, -0.05) is 17.4 Å². The Morgan fingerprint density at radius 2 is 2.11 bits per heavy atom. The monoisotopic (exact) mass is 160 g/mol. The summed E-state index contributed by atoms with van der Waals surface area (Å²) in [6.07, 6.45) is 0. The minimum absolute atomic E-state index is 0.275. The van der Waals surface area contributed by atoms with Gasteiger partial charge in [-0.25, -0.2) is 0 Å². The van der Waals surface area contributed by atoms with Gasteiger partial charge in [-0.15, -0.1) is 0 Å². The second kappa shape index (κ2) is 4.77. The predicted octanol–water partition coefficient (Wildman–Crippen LogP) is 2.08. The molecule has 52 valence electrons. The van der Waals surface area contributed by atoms with Crippen LogP contribution in [-0.2, 0) is 4.74 Å². The average Bonchev–Trinajstić information content (AvgIpc) is 1.84. The highest BCUT2D eigenvalue weighted by molar-refractivity contribution is 6.95. The highest BCUT2D eigenvalue weighted by atomic mass is 35.5. The van der Waals surface area contributed by atoms with Gasteiger partial charge < -0.3 is 13.8 Å². The van der Waals surface area contributed by atoms with E-state index in [2.05, 4.69) is 13.8 Å². The van der Waals surface area contributed by atoms with E-state index in [9.17, 15) is 0 Å². The number of hydrogen-bond donors (Lipinski definition) is 0. The molecule has 0 aliphatic heterocycles. The number of hydrogen-bond acceptors (Lipinski definition) is 1. The van der Waals surface area contributed by atoms with Crippen molar-refractivity contribution >= 4 is 28.3 Å². The SMILES string of the molecule is CCOC[C](C)(C)[Mg][Cl]. The summed E-state index contributed by atoms with van der Waals surface area (Å²) in [5.74, 6) is 0. The first-order valence-corrected chi connectivity index (χ1v) is 6.10. The van der Waals surface area contributed by atoms with Crippen molar-refractivity contribution in [2.24, 2.45) is 0 Å². The lowest BCUT2D eigenvalue weighted by atomic mass is 10.2. The highest BCUT2D eigenvalue weighted by Gasteiger charge is 2.19. The number of rotatable bonds is 4. The van der Waals surface area contributed by atoms with Crippen LogP contribution in [0.15, 0.2) is 0 Å². The molecule has 0 unspecified atom stereocenters. The molecular weight excluding hydrogens is 148 g/mol. The van der Waals surface area contributed by atoms with Gasteiger partial charge in [0, 0.05) is 13.2 Å². The van der Waals surface area contributed by atoms with Crippen molar-refractivity contribution < 1.29 is 4.74 Å². The Balaban J connectivity index is 3.33. The fourth-order valence-corrected chi connectivity index (χ4v) is 0.870. The summed E-state index contributed by atoms with van der Waals surface area (Å²) in [5, 5.41) is 0. The molecule has 0 amide bonds. The molecule has 0 fully saturated rings. The molecule has 0 rings (SSSR count). The Labute approximate surface area is 70.6 Å². The molecule has 0 N–H and O–H groups in total. The van der Waals surface area contributed by atoms with E-state index < -0.39 is 19.3 Å². The fraction of sp³-hybridized carbons (Fsp3) is 1.00. The normalized spacial score (nSPS) is 11.1. The van der Waals surface area contributed by atoms with E-state index in [1.807, 2.05) is 6.92 Å². The molecule has 0 radical (unpaired) electrons. The summed E-state index contributed by atoms with van der Waals surface area (Å²) in [6, 6.07) is 0. The van der Waals surface area contributed by atoms with Crippen molar-refractivity contribution in [2.75, 3.05) is 13.2 Å². The molecular formula is C6H13ClMgO. The molecule has 0 aliphatic rings. The molecule has 0 aromatic rings. The van der Waals surface area contributed by atoms with Gasteiger partial charge in [0.15, 0.2) is 0 Å². The van der Waals surface area contributed by atoms with Gasteiger partial charge in [-0.2, -0.15) is 0 Å². The van der Waals surface area contributed by atoms with Crippen molar-refractivity contribution in [3.63, 3.8) is 0 Å². The Kier molecular flexibility index (Phi) is 5.31. The second-order valence-corrected chi connectivity index (χ2v) is 5.92. The van der Waals surface area contributed by atoms with E-state index >= 15 is 0 Å². The molecule has 3 heteroatoms. The Morgan fingerprint density at radius 3 is 2.44 bits per heavy atom. The zero-order valence-electron chi connectivity index (χ0n) is 6.41. The Morgan fingerprint density at radius 1 is 1.56 bits per heavy atom. The minimum atomic E-state index is -0.431. The third-order valence-electron chi connectivity index (χ3n) is 1.06. The number of halogens is 1. The van der Waals surface area contributed by atoms with Crippen LogP contribution in [0.1, 0.15) is 20.8 Å². The molecule has 0 aromatic carbocycles. The van der Waals surface area contributed by atoms with Gasteiger partial charge >= 0.3 is 19.3 Å². The first-order chi connectivity index (χ1) is 4.12. The summed E-state index contributed by atoms with van der Waals surface area (Å²) >= 11 is -0.431. The summed E-state index contributed by atoms with van der Waals surface area (Å²) in [7, 11) is 5.79. The predicted molar refractivity (Wildman–Crippen MR) is 42.1 cm³/mol. The van der Waals surface area contributed by atoms with Crippen LogP contribution >= 0.6 is 9.07 Å². The summed E-state index contributed by atoms with van der Waals surface area (Å²) in [4.78, 5) is 0. The van der Waals surface area contributed by atoms with Gasteiger partial charge in [-0.3, -0.25) is 0 Å². The molecule has 0 heterocycles. The highest BCUT2D eigenvalue weighted by Crippen LogP contribution is 2.23. The maximum atomic E-state index is 5.79. The van der Waals surface area contributed by atoms with Crippen molar-refractivity contribution in [1.82, 2.24) is 0 Å². The number of ether oxygens (including phenoxy) is 1. The summed E-state index contributed by atoms with van der Waals surface area (Å²) in [5.41, 5.74) is 0. The van der Waals surface area contributed by atoms with E-state index in [0.29, 0.717) is 0 Å². The van der Waals surface area contributed by atoms with Crippen molar-refractivity contribution in [1.29, 1.82) is 0 Å². The molecule has 0 aromatic heterocycles. The van der Waals surface area contributed by atoms with Crippen LogP contribution in [-0.4, -0.2) is 32.5 Å². The Bertz CT molecular complexity index is 75.5. The zero-order chi connectivity index (χ0) is 7.33. The molecule has 0 saturated heterocycles. The summed E-state index contributed by atoms with van der Waals surface area (Å²) < 4.78 is 5.51. The Hall–Kier alpha value is 1.02. The largest absolute Gasteiger partial charge is 0.509 e. The molecule has 9 heavy (non-hydrogen) atoms. The topological polar surface area (TPSA) is 9.23 Å². The third kappa shape index (κ3) is 5.46. The maximum Gasteiger partial charge on any atom is 0.509 e. The van der Waals surface area contributed by atoms with Gasteiger partial charge in [-0.05, 0) is 6.92 Å². The average molecular weight is 161 g/mol. The first kappa shape index (κ1) is 10.0. The van der Waals surface area contributed by atoms with Gasteiger partial charge in [0.25, 0.3) is 0 Å². The van der Waals surface area contributed by atoms with Gasteiger partial charge in [0.05, 0.1) is 0 Å². The second-order valence-electron chi connectivity index (χ2n) is 2.93. The molecule has 0 bridgehead atoms. The molecule has 0 saturated carbocycles. The van der Waals surface area contributed by atoms with Crippen LogP contribution < -0.4 is 0 Å². The van der Waals surface area contributed by atoms with Crippen molar-refractivity contribution in [3.8, 4) is 0 Å². The van der Waals surface area contributed by atoms with Crippen molar-refractivity contribution in [3.05, 3.63) is 0 Å². The van der Waals surface area contributed by atoms with E-state index in [4.69, 9.17) is 13.8 Å². The van der Waals surface area contributed by atoms with E-state index in [1.165, 1.54) is 0 Å². The quantitative estimate of drug-likeness (QED) is 0.573. The smallest absolute Gasteiger partial charge is 0.383 e. The standard InChI is InChI=1S/C6H13O.ClH.Mg/c1-4-7-5-6(2)3;;/h4-5H2,1-3H3;1H;/q;;+1/p-1. The van der Waals surface area contributed by atoms with E-state index in [1.54, 1.807) is 0 Å². The van der Waals surface area contributed by atoms with E-state index in [-0.39, 0.29) is 3.54 Å². The lowest BCUT2D eigenvalue weighted by molar-refractivity contribution is 0.127. The van der Waals surface area contributed by atoms with Crippen molar-refractivity contribution in [2.45, 2.75) is 24.3 Å². The zero-order valence-corrected chi connectivity index (χ0v) is 8.58. The van der Waals surface area contributed by atoms with Crippen LogP contribution in [0.4, 0.5) is 0 Å². The van der Waals surface area contributed by atoms with Crippen LogP contribution in [0.3, 0.4) is 0 Å². The minimum Gasteiger partial charge on any atom is -0.383 e. The lowest BCUT2D eigenvalue weighted by Crippen LogP contribution is -2.15. The molecule has 1 nitrogen and oxygen atoms in total. The van der Waals surface area contributed by atoms with Crippen LogP contribution in [0, 0.1) is 0 Å². The van der Waals surface area contributed by atoms with Crippen LogP contribution in [0.5, 0.6) is 0 Å². The van der Waals surface area contributed by atoms with Crippen LogP contribution in [0.2, 0.25) is 3.54 Å². The summed E-state index contributed by atoms with van der Waals surface area (Å²) in [6.45, 7) is 7.93.